The largest absolute Gasteiger partial charge is 0.384 e. The number of aromatic nitrogens is 1. The Hall–Kier alpha value is -1.29. The van der Waals surface area contributed by atoms with Crippen molar-refractivity contribution in [2.24, 2.45) is 0 Å². The average Bonchev–Trinajstić information content (AvgIpc) is 2.36. The van der Waals surface area contributed by atoms with Crippen molar-refractivity contribution in [1.29, 1.82) is 0 Å². The number of anilines is 2. The van der Waals surface area contributed by atoms with Gasteiger partial charge < -0.3 is 15.1 Å². The van der Waals surface area contributed by atoms with Crippen LogP contribution >= 0.6 is 0 Å². The van der Waals surface area contributed by atoms with Crippen LogP contribution in [0.25, 0.3) is 0 Å². The van der Waals surface area contributed by atoms with Gasteiger partial charge in [-0.2, -0.15) is 0 Å². The first kappa shape index (κ1) is 13.1. The van der Waals surface area contributed by atoms with Gasteiger partial charge in [0.15, 0.2) is 0 Å². The molecule has 0 amide bonds. The monoisotopic (exact) mass is 248 g/mol. The van der Waals surface area contributed by atoms with Crippen LogP contribution in [0.4, 0.5) is 11.4 Å². The minimum Gasteiger partial charge on any atom is -0.384 e. The fraction of sp³-hybridized carbons (Fsp3) is 0.643. The smallest absolute Gasteiger partial charge is 0.0576 e. The van der Waals surface area contributed by atoms with Gasteiger partial charge in [0, 0.05) is 32.2 Å². The van der Waals surface area contributed by atoms with Crippen LogP contribution in [0.1, 0.15) is 20.3 Å². The molecule has 1 atom stereocenters. The minimum atomic E-state index is 0.548. The molecule has 4 heteroatoms. The molecule has 0 aliphatic carbocycles. The molecular weight excluding hydrogens is 224 g/mol. The number of rotatable bonds is 4. The van der Waals surface area contributed by atoms with E-state index in [1.54, 1.807) is 0 Å². The molecule has 0 radical (unpaired) electrons. The van der Waals surface area contributed by atoms with Crippen LogP contribution in [0, 0.1) is 0 Å². The second-order valence-corrected chi connectivity index (χ2v) is 5.16. The van der Waals surface area contributed by atoms with Crippen molar-refractivity contribution in [2.45, 2.75) is 26.3 Å². The van der Waals surface area contributed by atoms with Gasteiger partial charge in [0.05, 0.1) is 23.8 Å². The molecule has 0 bridgehead atoms. The molecule has 4 nitrogen and oxygen atoms in total. The molecule has 0 saturated carbocycles. The fourth-order valence-corrected chi connectivity index (χ4v) is 2.47. The normalized spacial score (nSPS) is 21.1. The van der Waals surface area contributed by atoms with E-state index in [4.69, 9.17) is 0 Å². The van der Waals surface area contributed by atoms with Crippen molar-refractivity contribution in [2.75, 3.05) is 43.4 Å². The highest BCUT2D eigenvalue weighted by Crippen LogP contribution is 2.22. The van der Waals surface area contributed by atoms with Crippen LogP contribution in [0.5, 0.6) is 0 Å². The Labute approximate surface area is 110 Å². The van der Waals surface area contributed by atoms with E-state index >= 15 is 0 Å². The molecule has 2 heterocycles. The van der Waals surface area contributed by atoms with Crippen LogP contribution in [0.15, 0.2) is 18.5 Å². The zero-order valence-corrected chi connectivity index (χ0v) is 11.7. The lowest BCUT2D eigenvalue weighted by Gasteiger charge is -2.39. The maximum absolute atomic E-state index is 4.35. The average molecular weight is 248 g/mol. The van der Waals surface area contributed by atoms with Gasteiger partial charge >= 0.3 is 0 Å². The molecular formula is C14H24N4. The number of nitrogens with zero attached hydrogens (tertiary/aromatic N) is 3. The number of likely N-dealkylation sites (N-methyl/N-ethyl adjacent to an activating group) is 1. The highest BCUT2D eigenvalue weighted by Gasteiger charge is 2.21. The predicted molar refractivity (Wildman–Crippen MR) is 77.3 cm³/mol. The molecule has 18 heavy (non-hydrogen) atoms. The van der Waals surface area contributed by atoms with E-state index in [-0.39, 0.29) is 0 Å². The summed E-state index contributed by atoms with van der Waals surface area (Å²) in [6.07, 6.45) is 5.01. The molecule has 1 saturated heterocycles. The van der Waals surface area contributed by atoms with Crippen molar-refractivity contribution < 1.29 is 0 Å². The van der Waals surface area contributed by atoms with E-state index in [1.807, 2.05) is 12.4 Å². The summed E-state index contributed by atoms with van der Waals surface area (Å²) < 4.78 is 0. The van der Waals surface area contributed by atoms with Crippen LogP contribution in [-0.2, 0) is 0 Å². The summed E-state index contributed by atoms with van der Waals surface area (Å²) in [6, 6.07) is 2.76. The van der Waals surface area contributed by atoms with E-state index in [0.717, 1.165) is 38.3 Å². The zero-order valence-electron chi connectivity index (χ0n) is 11.7. The number of nitrogens with one attached hydrogen (secondary N) is 1. The van der Waals surface area contributed by atoms with Gasteiger partial charge in [0.1, 0.15) is 0 Å². The van der Waals surface area contributed by atoms with Crippen LogP contribution in [0.3, 0.4) is 0 Å². The molecule has 1 aliphatic heterocycles. The van der Waals surface area contributed by atoms with Gasteiger partial charge in [0.25, 0.3) is 0 Å². The molecule has 1 unspecified atom stereocenters. The highest BCUT2D eigenvalue weighted by atomic mass is 15.3. The molecule has 0 aromatic carbocycles. The summed E-state index contributed by atoms with van der Waals surface area (Å²) in [6.45, 7) is 8.78. The van der Waals surface area contributed by atoms with Crippen LogP contribution in [-0.4, -0.2) is 49.2 Å². The highest BCUT2D eigenvalue weighted by molar-refractivity contribution is 5.56. The lowest BCUT2D eigenvalue weighted by Crippen LogP contribution is -2.50. The first-order valence-corrected chi connectivity index (χ1v) is 6.85. The van der Waals surface area contributed by atoms with Crippen molar-refractivity contribution in [3.8, 4) is 0 Å². The Morgan fingerprint density at radius 1 is 1.39 bits per heavy atom. The lowest BCUT2D eigenvalue weighted by atomic mass is 10.2. The Bertz CT molecular complexity index is 380. The van der Waals surface area contributed by atoms with Crippen molar-refractivity contribution in [1.82, 2.24) is 9.88 Å². The Balaban J connectivity index is 2.07. The van der Waals surface area contributed by atoms with Crippen LogP contribution < -0.4 is 10.2 Å². The van der Waals surface area contributed by atoms with Gasteiger partial charge in [-0.1, -0.05) is 6.92 Å². The second kappa shape index (κ2) is 6.05. The number of hydrogen-bond acceptors (Lipinski definition) is 4. The van der Waals surface area contributed by atoms with Gasteiger partial charge in [0.2, 0.25) is 0 Å². The first-order chi connectivity index (χ1) is 8.70. The quantitative estimate of drug-likeness (QED) is 0.883. The number of hydrogen-bond donors (Lipinski definition) is 1. The van der Waals surface area contributed by atoms with Crippen molar-refractivity contribution >= 4 is 11.4 Å². The minimum absolute atomic E-state index is 0.548. The third kappa shape index (κ3) is 3.13. The Kier molecular flexibility index (Phi) is 4.42. The summed E-state index contributed by atoms with van der Waals surface area (Å²) in [5.41, 5.74) is 2.36. The summed E-state index contributed by atoms with van der Waals surface area (Å²) in [7, 11) is 2.19. The van der Waals surface area contributed by atoms with Crippen molar-refractivity contribution in [3.05, 3.63) is 18.5 Å². The second-order valence-electron chi connectivity index (χ2n) is 5.16. The molecule has 1 aromatic heterocycles. The first-order valence-electron chi connectivity index (χ1n) is 6.85. The fourth-order valence-electron chi connectivity index (χ4n) is 2.47. The third-order valence-corrected chi connectivity index (χ3v) is 3.47. The standard InChI is InChI=1S/C14H24N4/c1-4-5-16-13-8-14(10-15-9-13)18-7-6-17(3)11-12(18)2/h8-10,12,16H,4-7,11H2,1-3H3. The summed E-state index contributed by atoms with van der Waals surface area (Å²) >= 11 is 0. The summed E-state index contributed by atoms with van der Waals surface area (Å²) in [4.78, 5) is 9.18. The number of piperazine rings is 1. The van der Waals surface area contributed by atoms with Gasteiger partial charge in [-0.15, -0.1) is 0 Å². The maximum atomic E-state index is 4.35. The topological polar surface area (TPSA) is 31.4 Å². The molecule has 2 rings (SSSR count). The zero-order chi connectivity index (χ0) is 13.0. The molecule has 1 N–H and O–H groups in total. The molecule has 1 aromatic rings. The lowest BCUT2D eigenvalue weighted by molar-refractivity contribution is 0.275. The Morgan fingerprint density at radius 2 is 2.22 bits per heavy atom. The SMILES string of the molecule is CCCNc1cncc(N2CCN(C)CC2C)c1. The van der Waals surface area contributed by atoms with E-state index < -0.39 is 0 Å². The molecule has 0 spiro atoms. The molecule has 100 valence electrons. The van der Waals surface area contributed by atoms with E-state index in [2.05, 4.69) is 47.1 Å². The third-order valence-electron chi connectivity index (χ3n) is 3.47. The predicted octanol–water partition coefficient (Wildman–Crippen LogP) is 2.04. The molecule has 1 fully saturated rings. The van der Waals surface area contributed by atoms with Crippen LogP contribution in [0.2, 0.25) is 0 Å². The van der Waals surface area contributed by atoms with Gasteiger partial charge in [-0.25, -0.2) is 0 Å². The summed E-state index contributed by atoms with van der Waals surface area (Å²) in [5, 5.41) is 3.40. The summed E-state index contributed by atoms with van der Waals surface area (Å²) in [5.74, 6) is 0. The van der Waals surface area contributed by atoms with E-state index in [1.165, 1.54) is 5.69 Å². The Morgan fingerprint density at radius 3 is 2.94 bits per heavy atom. The van der Waals surface area contributed by atoms with Gasteiger partial charge in [-0.3, -0.25) is 4.98 Å². The number of pyridine rings is 1. The van der Waals surface area contributed by atoms with Crippen molar-refractivity contribution in [3.63, 3.8) is 0 Å². The molecule has 1 aliphatic rings. The maximum Gasteiger partial charge on any atom is 0.0576 e. The van der Waals surface area contributed by atoms with E-state index in [0.29, 0.717) is 6.04 Å². The van der Waals surface area contributed by atoms with Gasteiger partial charge in [-0.05, 0) is 26.5 Å². The van der Waals surface area contributed by atoms with E-state index in [9.17, 15) is 0 Å².